The van der Waals surface area contributed by atoms with Crippen LogP contribution in [0.15, 0.2) is 71.7 Å². The molecule has 0 amide bonds. The third-order valence-corrected chi connectivity index (χ3v) is 4.57. The summed E-state index contributed by atoms with van der Waals surface area (Å²) >= 11 is 11.6. The van der Waals surface area contributed by atoms with Crippen LogP contribution in [0.5, 0.6) is 0 Å². The molecule has 1 heterocycles. The number of halogens is 2. The van der Waals surface area contributed by atoms with E-state index in [4.69, 9.17) is 33.0 Å². The van der Waals surface area contributed by atoms with Gasteiger partial charge in [0.25, 0.3) is 11.6 Å². The average Bonchev–Trinajstić information content (AvgIpc) is 2.98. The Morgan fingerprint density at radius 3 is 1.93 bits per heavy atom. The van der Waals surface area contributed by atoms with Crippen molar-refractivity contribution in [3.63, 3.8) is 0 Å². The Hall–Kier alpha value is -3.13. The van der Waals surface area contributed by atoms with Crippen LogP contribution in [-0.4, -0.2) is 32.9 Å². The van der Waals surface area contributed by atoms with Gasteiger partial charge >= 0.3 is 5.97 Å². The number of benzene rings is 2. The molecule has 148 valence electrons. The van der Waals surface area contributed by atoms with Crippen LogP contribution < -0.4 is 0 Å². The molecule has 0 saturated carbocycles. The highest BCUT2D eigenvalue weighted by atomic mass is 35.5. The van der Waals surface area contributed by atoms with E-state index in [1.807, 2.05) is 0 Å². The first kappa shape index (κ1) is 20.6. The zero-order chi connectivity index (χ0) is 21.3. The summed E-state index contributed by atoms with van der Waals surface area (Å²) in [5.74, 6) is -8.34. The maximum atomic E-state index is 12.8. The molecule has 3 N–H and O–H groups in total. The van der Waals surface area contributed by atoms with Gasteiger partial charge in [0.2, 0.25) is 5.78 Å². The molecule has 1 aliphatic rings. The summed E-state index contributed by atoms with van der Waals surface area (Å²) in [6.45, 7) is 0. The Morgan fingerprint density at radius 1 is 0.897 bits per heavy atom. The molecule has 0 bridgehead atoms. The predicted molar refractivity (Wildman–Crippen MR) is 103 cm³/mol. The van der Waals surface area contributed by atoms with Gasteiger partial charge in [0.1, 0.15) is 5.57 Å². The number of carbonyl (C=O) groups excluding carboxylic acids is 2. The van der Waals surface area contributed by atoms with Crippen molar-refractivity contribution >= 4 is 40.7 Å². The van der Waals surface area contributed by atoms with Crippen molar-refractivity contribution in [3.05, 3.63) is 92.9 Å². The van der Waals surface area contributed by atoms with Crippen molar-refractivity contribution in [1.29, 1.82) is 0 Å². The quantitative estimate of drug-likeness (QED) is 0.216. The van der Waals surface area contributed by atoms with E-state index in [-0.39, 0.29) is 11.1 Å². The number of aliphatic hydroxyl groups excluding tert-OH is 1. The molecule has 2 aromatic carbocycles. The van der Waals surface area contributed by atoms with Gasteiger partial charge in [-0.15, -0.1) is 0 Å². The molecule has 0 saturated heterocycles. The highest BCUT2D eigenvalue weighted by molar-refractivity contribution is 6.48. The number of ether oxygens (including phenoxy) is 1. The zero-order valence-corrected chi connectivity index (χ0v) is 15.9. The van der Waals surface area contributed by atoms with Crippen LogP contribution in [0.1, 0.15) is 15.9 Å². The van der Waals surface area contributed by atoms with Crippen molar-refractivity contribution in [2.24, 2.45) is 0 Å². The minimum absolute atomic E-state index is 0.0650. The van der Waals surface area contributed by atoms with Crippen molar-refractivity contribution < 1.29 is 34.4 Å². The topological polar surface area (TPSA) is 121 Å². The van der Waals surface area contributed by atoms with E-state index in [0.717, 1.165) is 6.08 Å². The largest absolute Gasteiger partial charge is 0.504 e. The molecule has 1 atom stereocenters. The molecule has 1 aliphatic heterocycles. The number of Topliss-reactive ketones (excluding diaryl/α,β-unsaturated/α-hetero) is 2. The van der Waals surface area contributed by atoms with Crippen LogP contribution in [0.4, 0.5) is 0 Å². The number of aliphatic hydroxyl groups is 2. The molecule has 2 aromatic rings. The highest BCUT2D eigenvalue weighted by Crippen LogP contribution is 2.39. The maximum Gasteiger partial charge on any atom is 0.377 e. The van der Waals surface area contributed by atoms with Crippen LogP contribution in [-0.2, 0) is 20.1 Å². The maximum absolute atomic E-state index is 12.8. The van der Waals surface area contributed by atoms with E-state index in [9.17, 15) is 24.6 Å². The Balaban J connectivity index is 2.11. The Bertz CT molecular complexity index is 1070. The lowest BCUT2D eigenvalue weighted by Crippen LogP contribution is -2.27. The van der Waals surface area contributed by atoms with E-state index < -0.39 is 40.4 Å². The number of carboxylic acids is 1. The number of carboxylic acid groups (broad SMARTS) is 1. The summed E-state index contributed by atoms with van der Waals surface area (Å²) in [5, 5.41) is 30.8. The number of hydrogen-bond acceptors (Lipinski definition) is 6. The average molecular weight is 435 g/mol. The molecule has 0 aliphatic carbocycles. The lowest BCUT2D eigenvalue weighted by atomic mass is 9.98. The van der Waals surface area contributed by atoms with Gasteiger partial charge in [-0.1, -0.05) is 35.3 Å². The van der Waals surface area contributed by atoms with Crippen LogP contribution in [0.25, 0.3) is 0 Å². The fraction of sp³-hybridized carbons (Fsp3) is 0.0500. The van der Waals surface area contributed by atoms with E-state index in [2.05, 4.69) is 0 Å². The Labute approximate surface area is 174 Å². The van der Waals surface area contributed by atoms with Crippen molar-refractivity contribution in [1.82, 2.24) is 0 Å². The standard InChI is InChI=1S/C20H12Cl2O7/c21-12-5-1-10(2-6-12)16(24)15(17(25)19(26)27)18-14(23)9-20(28,29-18)11-3-7-13(22)8-4-11/h1-9,23,28H,(H,26,27)/b18-15-. The predicted octanol–water partition coefficient (Wildman–Crippen LogP) is 3.40. The molecule has 7 nitrogen and oxygen atoms in total. The molecule has 0 aromatic heterocycles. The second kappa shape index (κ2) is 7.71. The van der Waals surface area contributed by atoms with Gasteiger partial charge in [-0.2, -0.15) is 0 Å². The summed E-state index contributed by atoms with van der Waals surface area (Å²) < 4.78 is 5.31. The van der Waals surface area contributed by atoms with Gasteiger partial charge in [0.15, 0.2) is 11.5 Å². The van der Waals surface area contributed by atoms with Crippen molar-refractivity contribution in [2.45, 2.75) is 5.79 Å². The molecule has 1 unspecified atom stereocenters. The fourth-order valence-corrected chi connectivity index (χ4v) is 2.91. The van der Waals surface area contributed by atoms with Crippen LogP contribution in [0.3, 0.4) is 0 Å². The van der Waals surface area contributed by atoms with Gasteiger partial charge in [-0.25, -0.2) is 4.79 Å². The second-order valence-corrected chi connectivity index (χ2v) is 6.88. The van der Waals surface area contributed by atoms with Gasteiger partial charge in [-0.05, 0) is 36.4 Å². The molecule has 0 spiro atoms. The van der Waals surface area contributed by atoms with Crippen LogP contribution in [0, 0.1) is 0 Å². The molecular formula is C20H12Cl2O7. The third kappa shape index (κ3) is 4.02. The summed E-state index contributed by atoms with van der Waals surface area (Å²) in [6.07, 6.45) is 0.843. The minimum Gasteiger partial charge on any atom is -0.504 e. The fourth-order valence-electron chi connectivity index (χ4n) is 2.66. The van der Waals surface area contributed by atoms with E-state index in [1.54, 1.807) is 0 Å². The number of rotatable bonds is 5. The number of aliphatic carboxylic acids is 1. The molecular weight excluding hydrogens is 423 g/mol. The van der Waals surface area contributed by atoms with E-state index >= 15 is 0 Å². The molecule has 9 heteroatoms. The van der Waals surface area contributed by atoms with Crippen LogP contribution >= 0.6 is 23.2 Å². The van der Waals surface area contributed by atoms with Crippen molar-refractivity contribution in [3.8, 4) is 0 Å². The summed E-state index contributed by atoms with van der Waals surface area (Å²) in [4.78, 5) is 36.3. The SMILES string of the molecule is O=C(O)C(=O)/C(C(=O)c1ccc(Cl)cc1)=C1\OC(O)(c2ccc(Cl)cc2)C=C1O. The third-order valence-electron chi connectivity index (χ3n) is 4.06. The first-order valence-electron chi connectivity index (χ1n) is 8.04. The molecule has 0 radical (unpaired) electrons. The van der Waals surface area contributed by atoms with Gasteiger partial charge in [-0.3, -0.25) is 9.59 Å². The summed E-state index contributed by atoms with van der Waals surface area (Å²) in [7, 11) is 0. The van der Waals surface area contributed by atoms with Crippen molar-refractivity contribution in [2.75, 3.05) is 0 Å². The first-order valence-corrected chi connectivity index (χ1v) is 8.80. The smallest absolute Gasteiger partial charge is 0.377 e. The van der Waals surface area contributed by atoms with Gasteiger partial charge in [0, 0.05) is 27.2 Å². The molecule has 0 fully saturated rings. The Kier molecular flexibility index (Phi) is 5.48. The summed E-state index contributed by atoms with van der Waals surface area (Å²) in [5.41, 5.74) is -0.882. The number of hydrogen-bond donors (Lipinski definition) is 3. The van der Waals surface area contributed by atoms with E-state index in [1.165, 1.54) is 48.5 Å². The highest BCUT2D eigenvalue weighted by Gasteiger charge is 2.43. The second-order valence-electron chi connectivity index (χ2n) is 6.01. The summed E-state index contributed by atoms with van der Waals surface area (Å²) in [6, 6.07) is 11.0. The Morgan fingerprint density at radius 2 is 1.41 bits per heavy atom. The minimum atomic E-state index is -2.24. The first-order chi connectivity index (χ1) is 13.6. The number of carbonyl (C=O) groups is 3. The lowest BCUT2D eigenvalue weighted by molar-refractivity contribution is -0.148. The normalized spacial score (nSPS) is 19.9. The molecule has 29 heavy (non-hydrogen) atoms. The zero-order valence-electron chi connectivity index (χ0n) is 14.4. The van der Waals surface area contributed by atoms with Gasteiger partial charge in [0.05, 0.1) is 0 Å². The van der Waals surface area contributed by atoms with Gasteiger partial charge < -0.3 is 20.1 Å². The monoisotopic (exact) mass is 434 g/mol. The lowest BCUT2D eigenvalue weighted by Gasteiger charge is -2.22. The molecule has 3 rings (SSSR count). The van der Waals surface area contributed by atoms with Crippen LogP contribution in [0.2, 0.25) is 10.0 Å². The van der Waals surface area contributed by atoms with E-state index in [0.29, 0.717) is 10.0 Å². The number of ketones is 2.